The van der Waals surface area contributed by atoms with Crippen LogP contribution in [0.4, 0.5) is 0 Å². The van der Waals surface area contributed by atoms with Crippen molar-refractivity contribution in [2.45, 2.75) is 19.4 Å². The summed E-state index contributed by atoms with van der Waals surface area (Å²) in [4.78, 5) is 15.4. The zero-order chi connectivity index (χ0) is 16.7. The third-order valence-electron chi connectivity index (χ3n) is 4.46. The van der Waals surface area contributed by atoms with Crippen LogP contribution in [0.2, 0.25) is 0 Å². The molecule has 1 aromatic carbocycles. The number of rotatable bonds is 4. The van der Waals surface area contributed by atoms with Gasteiger partial charge in [0.1, 0.15) is 6.07 Å². The normalized spacial score (nSPS) is 13.8. The molecular formula is C19H15N3O2. The van der Waals surface area contributed by atoms with Crippen molar-refractivity contribution in [3.05, 3.63) is 53.9 Å². The maximum absolute atomic E-state index is 11.1. The van der Waals surface area contributed by atoms with Gasteiger partial charge in [-0.25, -0.2) is 4.79 Å². The molecule has 0 radical (unpaired) electrons. The van der Waals surface area contributed by atoms with Crippen LogP contribution < -0.4 is 0 Å². The van der Waals surface area contributed by atoms with Crippen molar-refractivity contribution < 1.29 is 9.90 Å². The molecule has 0 atom stereocenters. The number of fused-ring (bicyclic) bond motifs is 1. The van der Waals surface area contributed by atoms with Crippen LogP contribution in [0.1, 0.15) is 28.8 Å². The van der Waals surface area contributed by atoms with E-state index in [1.54, 1.807) is 6.07 Å². The smallest absolute Gasteiger partial charge is 0.335 e. The first kappa shape index (κ1) is 14.5. The number of carbonyl (C=O) groups is 1. The second-order valence-corrected chi connectivity index (χ2v) is 6.22. The van der Waals surface area contributed by atoms with E-state index in [1.807, 2.05) is 24.4 Å². The standard InChI is InChI=1S/C19H15N3O2/c20-9-15-11-22(10-12-1-2-12)18-4-3-13(7-16(15)18)17-8-14(19(23)24)5-6-21-17/h3-8,11-12H,1-2,10H2,(H,23,24). The molecule has 0 unspecified atom stereocenters. The molecule has 1 aliphatic carbocycles. The Labute approximate surface area is 138 Å². The second kappa shape index (κ2) is 5.50. The van der Waals surface area contributed by atoms with Gasteiger partial charge in [0.05, 0.1) is 16.8 Å². The molecule has 3 aromatic rings. The Balaban J connectivity index is 1.82. The Morgan fingerprint density at radius 1 is 1.33 bits per heavy atom. The Hall–Kier alpha value is -3.13. The molecule has 2 heterocycles. The molecule has 24 heavy (non-hydrogen) atoms. The lowest BCUT2D eigenvalue weighted by Gasteiger charge is -2.06. The predicted octanol–water partition coefficient (Wildman–Crippen LogP) is 3.68. The first-order valence-corrected chi connectivity index (χ1v) is 7.88. The number of carboxylic acids is 1. The fourth-order valence-electron chi connectivity index (χ4n) is 3.00. The quantitative estimate of drug-likeness (QED) is 0.796. The molecule has 1 N–H and O–H groups in total. The minimum absolute atomic E-state index is 0.201. The number of pyridine rings is 1. The van der Waals surface area contributed by atoms with E-state index in [4.69, 9.17) is 5.11 Å². The van der Waals surface area contributed by atoms with Gasteiger partial charge in [-0.1, -0.05) is 6.07 Å². The SMILES string of the molecule is N#Cc1cn(CC2CC2)c2ccc(-c3cc(C(=O)O)ccn3)cc12. The van der Waals surface area contributed by atoms with Crippen LogP contribution in [0.25, 0.3) is 22.2 Å². The molecule has 2 aromatic heterocycles. The summed E-state index contributed by atoms with van der Waals surface area (Å²) in [7, 11) is 0. The molecule has 4 rings (SSSR count). The molecule has 0 amide bonds. The summed E-state index contributed by atoms with van der Waals surface area (Å²) in [5.74, 6) is -0.256. The Bertz CT molecular complexity index is 994. The maximum atomic E-state index is 11.1. The number of aromatic nitrogens is 2. The number of benzene rings is 1. The van der Waals surface area contributed by atoms with Gasteiger partial charge in [-0.15, -0.1) is 0 Å². The third kappa shape index (κ3) is 2.52. The largest absolute Gasteiger partial charge is 0.478 e. The van der Waals surface area contributed by atoms with Gasteiger partial charge in [-0.05, 0) is 43.0 Å². The molecule has 0 saturated heterocycles. The van der Waals surface area contributed by atoms with Crippen LogP contribution in [-0.4, -0.2) is 20.6 Å². The molecule has 0 aliphatic heterocycles. The van der Waals surface area contributed by atoms with E-state index >= 15 is 0 Å². The average Bonchev–Trinajstić information content (AvgIpc) is 3.35. The molecule has 5 heteroatoms. The van der Waals surface area contributed by atoms with Gasteiger partial charge in [-0.2, -0.15) is 5.26 Å². The topological polar surface area (TPSA) is 78.9 Å². The van der Waals surface area contributed by atoms with E-state index in [1.165, 1.54) is 25.1 Å². The van der Waals surface area contributed by atoms with Crippen molar-refractivity contribution in [1.29, 1.82) is 5.26 Å². The summed E-state index contributed by atoms with van der Waals surface area (Å²) in [5.41, 5.74) is 3.28. The van der Waals surface area contributed by atoms with Gasteiger partial charge in [0, 0.05) is 35.4 Å². The van der Waals surface area contributed by atoms with E-state index in [9.17, 15) is 10.1 Å². The van der Waals surface area contributed by atoms with Crippen LogP contribution in [0.15, 0.2) is 42.7 Å². The summed E-state index contributed by atoms with van der Waals surface area (Å²) < 4.78 is 2.15. The zero-order valence-electron chi connectivity index (χ0n) is 12.9. The number of aromatic carboxylic acids is 1. The van der Waals surface area contributed by atoms with Gasteiger partial charge >= 0.3 is 5.97 Å². The Morgan fingerprint density at radius 3 is 2.88 bits per heavy atom. The molecule has 1 saturated carbocycles. The van der Waals surface area contributed by atoms with Crippen molar-refractivity contribution in [2.24, 2.45) is 5.92 Å². The van der Waals surface area contributed by atoms with Crippen LogP contribution in [-0.2, 0) is 6.54 Å². The summed E-state index contributed by atoms with van der Waals surface area (Å²) in [6.45, 7) is 0.949. The lowest BCUT2D eigenvalue weighted by atomic mass is 10.1. The zero-order valence-corrected chi connectivity index (χ0v) is 12.9. The molecule has 0 bridgehead atoms. The highest BCUT2D eigenvalue weighted by Crippen LogP contribution is 2.34. The number of carboxylic acid groups (broad SMARTS) is 1. The summed E-state index contributed by atoms with van der Waals surface area (Å²) in [6, 6.07) is 11.1. The van der Waals surface area contributed by atoms with Gasteiger partial charge in [0.25, 0.3) is 0 Å². The number of nitrogens with zero attached hydrogens (tertiary/aromatic N) is 3. The number of hydrogen-bond acceptors (Lipinski definition) is 3. The Kier molecular flexibility index (Phi) is 3.31. The lowest BCUT2D eigenvalue weighted by Crippen LogP contribution is -1.98. The first-order chi connectivity index (χ1) is 11.7. The van der Waals surface area contributed by atoms with E-state index in [0.29, 0.717) is 11.3 Å². The number of nitriles is 1. The Morgan fingerprint density at radius 2 is 2.17 bits per heavy atom. The van der Waals surface area contributed by atoms with Crippen molar-refractivity contribution in [1.82, 2.24) is 9.55 Å². The van der Waals surface area contributed by atoms with Crippen molar-refractivity contribution in [2.75, 3.05) is 0 Å². The molecule has 1 fully saturated rings. The van der Waals surface area contributed by atoms with Crippen LogP contribution in [0, 0.1) is 17.2 Å². The van der Waals surface area contributed by atoms with Crippen molar-refractivity contribution in [3.8, 4) is 17.3 Å². The van der Waals surface area contributed by atoms with Crippen LogP contribution in [0.3, 0.4) is 0 Å². The van der Waals surface area contributed by atoms with Gasteiger partial charge in [0.15, 0.2) is 0 Å². The van der Waals surface area contributed by atoms with E-state index in [2.05, 4.69) is 15.6 Å². The summed E-state index contributed by atoms with van der Waals surface area (Å²) in [5, 5.41) is 19.4. The fraction of sp³-hybridized carbons (Fsp3) is 0.211. The molecule has 5 nitrogen and oxygen atoms in total. The van der Waals surface area contributed by atoms with Gasteiger partial charge in [0.2, 0.25) is 0 Å². The van der Waals surface area contributed by atoms with Crippen molar-refractivity contribution in [3.63, 3.8) is 0 Å². The maximum Gasteiger partial charge on any atom is 0.335 e. The van der Waals surface area contributed by atoms with Crippen LogP contribution >= 0.6 is 0 Å². The first-order valence-electron chi connectivity index (χ1n) is 7.88. The van der Waals surface area contributed by atoms with E-state index < -0.39 is 5.97 Å². The lowest BCUT2D eigenvalue weighted by molar-refractivity contribution is 0.0697. The summed E-state index contributed by atoms with van der Waals surface area (Å²) >= 11 is 0. The van der Waals surface area contributed by atoms with Crippen LogP contribution in [0.5, 0.6) is 0 Å². The highest BCUT2D eigenvalue weighted by molar-refractivity contribution is 5.92. The van der Waals surface area contributed by atoms with E-state index in [0.717, 1.165) is 28.9 Å². The average molecular weight is 317 g/mol. The number of hydrogen-bond donors (Lipinski definition) is 1. The predicted molar refractivity (Wildman–Crippen MR) is 89.6 cm³/mol. The molecule has 0 spiro atoms. The molecule has 118 valence electrons. The van der Waals surface area contributed by atoms with E-state index in [-0.39, 0.29) is 5.56 Å². The van der Waals surface area contributed by atoms with Gasteiger partial charge in [-0.3, -0.25) is 4.98 Å². The highest BCUT2D eigenvalue weighted by atomic mass is 16.4. The minimum Gasteiger partial charge on any atom is -0.478 e. The molecular weight excluding hydrogens is 302 g/mol. The summed E-state index contributed by atoms with van der Waals surface area (Å²) in [6.07, 6.45) is 5.91. The fourth-order valence-corrected chi connectivity index (χ4v) is 3.00. The molecule has 1 aliphatic rings. The highest BCUT2D eigenvalue weighted by Gasteiger charge is 2.23. The monoisotopic (exact) mass is 317 g/mol. The minimum atomic E-state index is -0.979. The van der Waals surface area contributed by atoms with Crippen molar-refractivity contribution >= 4 is 16.9 Å². The third-order valence-corrected chi connectivity index (χ3v) is 4.46. The van der Waals surface area contributed by atoms with Gasteiger partial charge < -0.3 is 9.67 Å². The second-order valence-electron chi connectivity index (χ2n) is 6.22.